The van der Waals surface area contributed by atoms with Crippen LogP contribution in [0.2, 0.25) is 0 Å². The first-order valence-electron chi connectivity index (χ1n) is 10.5. The van der Waals surface area contributed by atoms with Gasteiger partial charge in [0.15, 0.2) is 0 Å². The van der Waals surface area contributed by atoms with E-state index in [2.05, 4.69) is 43.9 Å². The normalized spacial score (nSPS) is 13.0. The maximum Gasteiger partial charge on any atom is -0.0348 e. The first kappa shape index (κ1) is 24.2. The molecule has 26 heavy (non-hydrogen) atoms. The molecule has 0 unspecified atom stereocenters. The zero-order valence-corrected chi connectivity index (χ0v) is 17.0. The summed E-state index contributed by atoms with van der Waals surface area (Å²) >= 11 is 0. The van der Waals surface area contributed by atoms with Crippen molar-refractivity contribution in [2.75, 3.05) is 0 Å². The Labute approximate surface area is 163 Å². The molecule has 0 amide bonds. The third-order valence-corrected chi connectivity index (χ3v) is 4.11. The third kappa shape index (κ3) is 22.2. The van der Waals surface area contributed by atoms with Gasteiger partial charge in [-0.15, -0.1) is 0 Å². The molecule has 0 aliphatic heterocycles. The van der Waals surface area contributed by atoms with Crippen LogP contribution in [-0.4, -0.2) is 0 Å². The van der Waals surface area contributed by atoms with Crippen LogP contribution >= 0.6 is 0 Å². The van der Waals surface area contributed by atoms with E-state index < -0.39 is 0 Å². The Balaban J connectivity index is 3.44. The summed E-state index contributed by atoms with van der Waals surface area (Å²) in [5, 5.41) is 0. The van der Waals surface area contributed by atoms with E-state index >= 15 is 0 Å². The second kappa shape index (κ2) is 23.2. The Morgan fingerprint density at radius 3 is 1.31 bits per heavy atom. The molecule has 0 saturated carbocycles. The maximum atomic E-state index is 3.62. The fraction of sp³-hybridized carbons (Fsp3) is 0.462. The third-order valence-electron chi connectivity index (χ3n) is 4.11. The largest absolute Gasteiger partial charge is 0.0991 e. The van der Waals surface area contributed by atoms with Gasteiger partial charge in [-0.3, -0.25) is 0 Å². The molecule has 0 heteroatoms. The fourth-order valence-corrected chi connectivity index (χ4v) is 2.58. The second-order valence-corrected chi connectivity index (χ2v) is 6.56. The van der Waals surface area contributed by atoms with Crippen LogP contribution in [0.15, 0.2) is 85.6 Å². The molecular formula is C26H40. The van der Waals surface area contributed by atoms with Crippen LogP contribution in [0.1, 0.15) is 77.6 Å². The van der Waals surface area contributed by atoms with E-state index in [-0.39, 0.29) is 0 Å². The molecule has 0 heterocycles. The summed E-state index contributed by atoms with van der Waals surface area (Å²) in [5.74, 6) is 0. The molecule has 0 aliphatic rings. The lowest BCUT2D eigenvalue weighted by atomic mass is 10.1. The summed E-state index contributed by atoms with van der Waals surface area (Å²) in [6, 6.07) is 0. The summed E-state index contributed by atoms with van der Waals surface area (Å²) in [7, 11) is 0. The molecule has 0 saturated heterocycles. The summed E-state index contributed by atoms with van der Waals surface area (Å²) in [4.78, 5) is 0. The molecule has 0 N–H and O–H groups in total. The van der Waals surface area contributed by atoms with Crippen molar-refractivity contribution >= 4 is 0 Å². The molecule has 0 bridgehead atoms. The average Bonchev–Trinajstić information content (AvgIpc) is 2.66. The van der Waals surface area contributed by atoms with Crippen molar-refractivity contribution in [2.24, 2.45) is 0 Å². The predicted molar refractivity (Wildman–Crippen MR) is 121 cm³/mol. The zero-order valence-electron chi connectivity index (χ0n) is 17.0. The quantitative estimate of drug-likeness (QED) is 0.181. The van der Waals surface area contributed by atoms with Gasteiger partial charge in [0.1, 0.15) is 0 Å². The average molecular weight is 353 g/mol. The van der Waals surface area contributed by atoms with Gasteiger partial charge in [0.05, 0.1) is 0 Å². The smallest absolute Gasteiger partial charge is 0.0348 e. The SMILES string of the molecule is C=CC=CC=CC=CC=CC=CC=CCCCCCCCCCCCC. The highest BCUT2D eigenvalue weighted by Gasteiger charge is 1.91. The van der Waals surface area contributed by atoms with Crippen molar-refractivity contribution in [2.45, 2.75) is 77.6 Å². The van der Waals surface area contributed by atoms with Crippen molar-refractivity contribution < 1.29 is 0 Å². The number of hydrogen-bond donors (Lipinski definition) is 0. The van der Waals surface area contributed by atoms with Crippen LogP contribution < -0.4 is 0 Å². The number of allylic oxidation sites excluding steroid dienone is 13. The van der Waals surface area contributed by atoms with E-state index in [0.717, 1.165) is 0 Å². The molecule has 0 aromatic heterocycles. The van der Waals surface area contributed by atoms with Crippen LogP contribution in [0.5, 0.6) is 0 Å². The molecule has 0 fully saturated rings. The van der Waals surface area contributed by atoms with Gasteiger partial charge in [-0.2, -0.15) is 0 Å². The summed E-state index contributed by atoms with van der Waals surface area (Å²) < 4.78 is 0. The minimum Gasteiger partial charge on any atom is -0.0991 e. The molecule has 0 nitrogen and oxygen atoms in total. The Kier molecular flexibility index (Phi) is 21.6. The van der Waals surface area contributed by atoms with Gasteiger partial charge in [-0.25, -0.2) is 0 Å². The molecule has 0 spiro atoms. The highest BCUT2D eigenvalue weighted by Crippen LogP contribution is 2.11. The van der Waals surface area contributed by atoms with Gasteiger partial charge in [0, 0.05) is 0 Å². The topological polar surface area (TPSA) is 0 Å². The van der Waals surface area contributed by atoms with E-state index in [4.69, 9.17) is 0 Å². The summed E-state index contributed by atoms with van der Waals surface area (Å²) in [5.41, 5.74) is 0. The lowest BCUT2D eigenvalue weighted by Gasteiger charge is -2.01. The van der Waals surface area contributed by atoms with E-state index in [1.165, 1.54) is 70.6 Å². The molecule has 0 atom stereocenters. The highest BCUT2D eigenvalue weighted by molar-refractivity contribution is 5.20. The maximum absolute atomic E-state index is 3.62. The van der Waals surface area contributed by atoms with E-state index in [0.29, 0.717) is 0 Å². The van der Waals surface area contributed by atoms with Gasteiger partial charge in [-0.05, 0) is 12.8 Å². The van der Waals surface area contributed by atoms with Gasteiger partial charge >= 0.3 is 0 Å². The standard InChI is InChI=1S/C26H40/c1-3-5-7-9-11-13-15-17-19-21-23-25-26-24-22-20-18-16-14-12-10-8-6-4-2/h3,5,7,9,11,13,15,17,19,21,23,25-26H,1,4,6,8,10,12,14,16,18,20,22,24H2,2H3. The zero-order chi connectivity index (χ0) is 19.0. The Morgan fingerprint density at radius 1 is 0.462 bits per heavy atom. The molecule has 144 valence electrons. The van der Waals surface area contributed by atoms with Crippen molar-refractivity contribution in [3.63, 3.8) is 0 Å². The minimum atomic E-state index is 1.20. The Bertz CT molecular complexity index is 454. The molecular weight excluding hydrogens is 312 g/mol. The predicted octanol–water partition coefficient (Wildman–Crippen LogP) is 8.82. The number of hydrogen-bond acceptors (Lipinski definition) is 0. The summed E-state index contributed by atoms with van der Waals surface area (Å²) in [6.07, 6.45) is 41.6. The van der Waals surface area contributed by atoms with Crippen LogP contribution in [0.3, 0.4) is 0 Å². The first-order chi connectivity index (χ1) is 12.9. The molecule has 0 aliphatic carbocycles. The van der Waals surface area contributed by atoms with E-state index in [1.807, 2.05) is 42.5 Å². The highest BCUT2D eigenvalue weighted by atomic mass is 14.0. The van der Waals surface area contributed by atoms with E-state index in [9.17, 15) is 0 Å². The molecule has 0 aromatic rings. The molecule has 0 aromatic carbocycles. The van der Waals surface area contributed by atoms with Crippen LogP contribution in [0.4, 0.5) is 0 Å². The monoisotopic (exact) mass is 352 g/mol. The van der Waals surface area contributed by atoms with Gasteiger partial charge in [0.25, 0.3) is 0 Å². The van der Waals surface area contributed by atoms with Crippen LogP contribution in [0, 0.1) is 0 Å². The Morgan fingerprint density at radius 2 is 0.846 bits per heavy atom. The molecule has 0 radical (unpaired) electrons. The first-order valence-corrected chi connectivity index (χ1v) is 10.5. The number of rotatable bonds is 17. The molecule has 0 rings (SSSR count). The van der Waals surface area contributed by atoms with Gasteiger partial charge in [0.2, 0.25) is 0 Å². The van der Waals surface area contributed by atoms with Crippen LogP contribution in [0.25, 0.3) is 0 Å². The second-order valence-electron chi connectivity index (χ2n) is 6.56. The van der Waals surface area contributed by atoms with E-state index in [1.54, 1.807) is 6.08 Å². The van der Waals surface area contributed by atoms with Gasteiger partial charge < -0.3 is 0 Å². The van der Waals surface area contributed by atoms with Crippen molar-refractivity contribution in [1.29, 1.82) is 0 Å². The lowest BCUT2D eigenvalue weighted by molar-refractivity contribution is 0.557. The minimum absolute atomic E-state index is 1.20. The van der Waals surface area contributed by atoms with Crippen molar-refractivity contribution in [3.05, 3.63) is 85.6 Å². The summed E-state index contributed by atoms with van der Waals surface area (Å²) in [6.45, 7) is 5.90. The Hall–Kier alpha value is -1.82. The number of unbranched alkanes of at least 4 members (excludes halogenated alkanes) is 10. The van der Waals surface area contributed by atoms with Gasteiger partial charge in [-0.1, -0.05) is 150 Å². The fourth-order valence-electron chi connectivity index (χ4n) is 2.58. The van der Waals surface area contributed by atoms with Crippen LogP contribution in [-0.2, 0) is 0 Å². The lowest BCUT2D eigenvalue weighted by Crippen LogP contribution is -1.81. The van der Waals surface area contributed by atoms with Crippen molar-refractivity contribution in [3.8, 4) is 0 Å². The van der Waals surface area contributed by atoms with Crippen molar-refractivity contribution in [1.82, 2.24) is 0 Å².